The molecule has 2 N–H and O–H groups in total. The zero-order valence-electron chi connectivity index (χ0n) is 9.00. The van der Waals surface area contributed by atoms with E-state index < -0.39 is 5.82 Å². The molecule has 1 unspecified atom stereocenters. The van der Waals surface area contributed by atoms with E-state index in [4.69, 9.17) is 0 Å². The standard InChI is InChI=1S/C11H12BrFN2O.ClH/c12-7-3-4-8(13)10(6-7)15-11(16)9-2-1-5-14-9;/h3-4,6,9,14H,1-2,5H2,(H,15,16);1H. The summed E-state index contributed by atoms with van der Waals surface area (Å²) in [5.74, 6) is -0.593. The summed E-state index contributed by atoms with van der Waals surface area (Å²) >= 11 is 3.24. The fraction of sp³-hybridized carbons (Fsp3) is 0.364. The SMILES string of the molecule is Cl.O=C(Nc1cc(Br)ccc1F)C1CCCN1. The van der Waals surface area contributed by atoms with Gasteiger partial charge in [0.05, 0.1) is 11.7 Å². The maximum atomic E-state index is 13.4. The van der Waals surface area contributed by atoms with Crippen molar-refractivity contribution in [2.75, 3.05) is 11.9 Å². The van der Waals surface area contributed by atoms with E-state index in [2.05, 4.69) is 26.6 Å². The molecule has 1 aromatic carbocycles. The van der Waals surface area contributed by atoms with Gasteiger partial charge in [-0.1, -0.05) is 15.9 Å². The van der Waals surface area contributed by atoms with Crippen LogP contribution in [0.3, 0.4) is 0 Å². The first kappa shape index (κ1) is 14.4. The van der Waals surface area contributed by atoms with E-state index in [1.807, 2.05) is 0 Å². The van der Waals surface area contributed by atoms with Crippen molar-refractivity contribution in [1.29, 1.82) is 0 Å². The molecule has 6 heteroatoms. The van der Waals surface area contributed by atoms with Crippen LogP contribution in [0, 0.1) is 5.82 Å². The Hall–Kier alpha value is -0.650. The largest absolute Gasteiger partial charge is 0.322 e. The van der Waals surface area contributed by atoms with Gasteiger partial charge >= 0.3 is 0 Å². The number of nitrogens with one attached hydrogen (secondary N) is 2. The van der Waals surface area contributed by atoms with Crippen molar-refractivity contribution >= 4 is 39.9 Å². The average Bonchev–Trinajstić information content (AvgIpc) is 2.76. The molecular weight excluding hydrogens is 310 g/mol. The number of amides is 1. The summed E-state index contributed by atoms with van der Waals surface area (Å²) in [7, 11) is 0. The Morgan fingerprint density at radius 1 is 1.53 bits per heavy atom. The van der Waals surface area contributed by atoms with Gasteiger partial charge in [0.25, 0.3) is 0 Å². The lowest BCUT2D eigenvalue weighted by Crippen LogP contribution is -2.35. The topological polar surface area (TPSA) is 41.1 Å². The van der Waals surface area contributed by atoms with Crippen molar-refractivity contribution in [3.05, 3.63) is 28.5 Å². The molecule has 1 saturated heterocycles. The van der Waals surface area contributed by atoms with Crippen LogP contribution < -0.4 is 10.6 Å². The van der Waals surface area contributed by atoms with Crippen LogP contribution >= 0.6 is 28.3 Å². The number of halogens is 3. The molecule has 1 atom stereocenters. The summed E-state index contributed by atoms with van der Waals surface area (Å²) in [5.41, 5.74) is 0.216. The number of anilines is 1. The van der Waals surface area contributed by atoms with Gasteiger partial charge in [-0.25, -0.2) is 4.39 Å². The molecule has 1 aliphatic rings. The van der Waals surface area contributed by atoms with E-state index in [1.54, 1.807) is 12.1 Å². The minimum absolute atomic E-state index is 0. The molecule has 0 bridgehead atoms. The van der Waals surface area contributed by atoms with Crippen LogP contribution in [-0.4, -0.2) is 18.5 Å². The molecule has 0 radical (unpaired) electrons. The van der Waals surface area contributed by atoms with E-state index in [9.17, 15) is 9.18 Å². The number of carbonyl (C=O) groups is 1. The molecule has 1 fully saturated rings. The number of rotatable bonds is 2. The highest BCUT2D eigenvalue weighted by Crippen LogP contribution is 2.20. The highest BCUT2D eigenvalue weighted by atomic mass is 79.9. The molecule has 1 aliphatic heterocycles. The molecule has 0 saturated carbocycles. The van der Waals surface area contributed by atoms with Crippen molar-refractivity contribution in [3.8, 4) is 0 Å². The van der Waals surface area contributed by atoms with E-state index in [1.165, 1.54) is 6.07 Å². The normalized spacial score (nSPS) is 18.6. The van der Waals surface area contributed by atoms with Crippen LogP contribution in [0.1, 0.15) is 12.8 Å². The lowest BCUT2D eigenvalue weighted by atomic mass is 10.2. The quantitative estimate of drug-likeness (QED) is 0.878. The van der Waals surface area contributed by atoms with Crippen LogP contribution in [0.5, 0.6) is 0 Å². The summed E-state index contributed by atoms with van der Waals surface area (Å²) in [6.07, 6.45) is 1.79. The van der Waals surface area contributed by atoms with Gasteiger partial charge in [-0.15, -0.1) is 12.4 Å². The highest BCUT2D eigenvalue weighted by molar-refractivity contribution is 9.10. The van der Waals surface area contributed by atoms with Gasteiger partial charge in [-0.3, -0.25) is 4.79 Å². The number of hydrogen-bond donors (Lipinski definition) is 2. The Kier molecular flexibility index (Phi) is 5.36. The van der Waals surface area contributed by atoms with Crippen molar-refractivity contribution in [2.24, 2.45) is 0 Å². The van der Waals surface area contributed by atoms with Crippen molar-refractivity contribution in [1.82, 2.24) is 5.32 Å². The van der Waals surface area contributed by atoms with Crippen LogP contribution in [0.25, 0.3) is 0 Å². The number of benzene rings is 1. The monoisotopic (exact) mass is 322 g/mol. The molecule has 0 aromatic heterocycles. The summed E-state index contributed by atoms with van der Waals surface area (Å²) in [4.78, 5) is 11.7. The second kappa shape index (κ2) is 6.33. The summed E-state index contributed by atoms with van der Waals surface area (Å²) in [6, 6.07) is 4.28. The van der Waals surface area contributed by atoms with Crippen molar-refractivity contribution in [3.63, 3.8) is 0 Å². The lowest BCUT2D eigenvalue weighted by Gasteiger charge is -2.11. The molecule has 1 aromatic rings. The van der Waals surface area contributed by atoms with Gasteiger partial charge < -0.3 is 10.6 Å². The third-order valence-electron chi connectivity index (χ3n) is 2.56. The third-order valence-corrected chi connectivity index (χ3v) is 3.06. The van der Waals surface area contributed by atoms with Gasteiger partial charge in [0, 0.05) is 4.47 Å². The Bertz CT molecular complexity index is 410. The van der Waals surface area contributed by atoms with Gasteiger partial charge in [0.1, 0.15) is 5.82 Å². The van der Waals surface area contributed by atoms with E-state index in [0.29, 0.717) is 0 Å². The van der Waals surface area contributed by atoms with Crippen molar-refractivity contribution < 1.29 is 9.18 Å². The second-order valence-corrected chi connectivity index (χ2v) is 4.68. The fourth-order valence-corrected chi connectivity index (χ4v) is 2.08. The molecule has 1 heterocycles. The Morgan fingerprint density at radius 3 is 2.94 bits per heavy atom. The first-order valence-electron chi connectivity index (χ1n) is 5.16. The number of hydrogen-bond acceptors (Lipinski definition) is 2. The zero-order valence-corrected chi connectivity index (χ0v) is 11.4. The van der Waals surface area contributed by atoms with E-state index in [0.717, 1.165) is 23.9 Å². The minimum Gasteiger partial charge on any atom is -0.322 e. The van der Waals surface area contributed by atoms with Gasteiger partial charge in [0.15, 0.2) is 0 Å². The molecular formula is C11H13BrClFN2O. The first-order valence-corrected chi connectivity index (χ1v) is 5.95. The average molecular weight is 324 g/mol. The predicted molar refractivity (Wildman–Crippen MR) is 71.0 cm³/mol. The molecule has 1 amide bonds. The van der Waals surface area contributed by atoms with Crippen LogP contribution in [-0.2, 0) is 4.79 Å². The summed E-state index contributed by atoms with van der Waals surface area (Å²) in [5, 5.41) is 5.65. The second-order valence-electron chi connectivity index (χ2n) is 3.76. The van der Waals surface area contributed by atoms with Crippen LogP contribution in [0.4, 0.5) is 10.1 Å². The Balaban J connectivity index is 0.00000144. The lowest BCUT2D eigenvalue weighted by molar-refractivity contribution is -0.117. The van der Waals surface area contributed by atoms with Crippen molar-refractivity contribution in [2.45, 2.75) is 18.9 Å². The summed E-state index contributed by atoms with van der Waals surface area (Å²) < 4.78 is 14.1. The van der Waals surface area contributed by atoms with Crippen LogP contribution in [0.2, 0.25) is 0 Å². The Labute approximate surface area is 114 Å². The van der Waals surface area contributed by atoms with E-state index >= 15 is 0 Å². The van der Waals surface area contributed by atoms with Gasteiger partial charge in [-0.2, -0.15) is 0 Å². The summed E-state index contributed by atoms with van der Waals surface area (Å²) in [6.45, 7) is 0.846. The minimum atomic E-state index is -0.422. The molecule has 0 aliphatic carbocycles. The molecule has 0 spiro atoms. The Morgan fingerprint density at radius 2 is 2.29 bits per heavy atom. The number of carbonyl (C=O) groups excluding carboxylic acids is 1. The molecule has 94 valence electrons. The van der Waals surface area contributed by atoms with Gasteiger partial charge in [0.2, 0.25) is 5.91 Å². The maximum absolute atomic E-state index is 13.4. The van der Waals surface area contributed by atoms with Gasteiger partial charge in [-0.05, 0) is 37.6 Å². The molecule has 3 nitrogen and oxygen atoms in total. The smallest absolute Gasteiger partial charge is 0.241 e. The predicted octanol–water partition coefficient (Wildman–Crippen LogP) is 2.70. The van der Waals surface area contributed by atoms with E-state index in [-0.39, 0.29) is 30.0 Å². The third kappa shape index (κ3) is 3.66. The molecule has 2 rings (SSSR count). The first-order chi connectivity index (χ1) is 7.66. The maximum Gasteiger partial charge on any atom is 0.241 e. The van der Waals surface area contributed by atoms with Crippen LogP contribution in [0.15, 0.2) is 22.7 Å². The highest BCUT2D eigenvalue weighted by Gasteiger charge is 2.22. The molecule has 17 heavy (non-hydrogen) atoms. The zero-order chi connectivity index (χ0) is 11.5. The fourth-order valence-electron chi connectivity index (χ4n) is 1.72.